The number of tetrazole rings is 1. The van der Waals surface area contributed by atoms with Crippen molar-refractivity contribution in [1.82, 2.24) is 25.2 Å². The average molecular weight is 526 g/mol. The average Bonchev–Trinajstić information content (AvgIpc) is 3.54. The normalized spacial score (nSPS) is 16.2. The van der Waals surface area contributed by atoms with Gasteiger partial charge in [-0.05, 0) is 53.1 Å². The van der Waals surface area contributed by atoms with Crippen LogP contribution in [0, 0.1) is 11.7 Å². The molecule has 2 aromatic carbocycles. The molecule has 2 aliphatic rings. The van der Waals surface area contributed by atoms with Crippen LogP contribution in [0.2, 0.25) is 0 Å². The van der Waals surface area contributed by atoms with Gasteiger partial charge in [0.05, 0.1) is 11.2 Å². The van der Waals surface area contributed by atoms with Gasteiger partial charge in [0.2, 0.25) is 0 Å². The van der Waals surface area contributed by atoms with Crippen molar-refractivity contribution in [3.05, 3.63) is 64.0 Å². The molecule has 1 fully saturated rings. The van der Waals surface area contributed by atoms with E-state index >= 15 is 0 Å². The third-order valence-corrected chi connectivity index (χ3v) is 7.67. The van der Waals surface area contributed by atoms with Crippen molar-refractivity contribution >= 4 is 32.4 Å². The number of H-pyrrole nitrogens is 1. The van der Waals surface area contributed by atoms with Crippen LogP contribution >= 0.6 is 0 Å². The first kappa shape index (κ1) is 23.1. The molecule has 12 nitrogen and oxygen atoms in total. The van der Waals surface area contributed by atoms with E-state index in [0.717, 1.165) is 25.3 Å². The van der Waals surface area contributed by atoms with E-state index in [1.54, 1.807) is 0 Å². The quantitative estimate of drug-likeness (QED) is 0.328. The van der Waals surface area contributed by atoms with Crippen LogP contribution < -0.4 is 15.6 Å². The number of hydrogen-bond donors (Lipinski definition) is 3. The number of amidine groups is 1. The predicted molar refractivity (Wildman–Crippen MR) is 129 cm³/mol. The number of benzene rings is 2. The summed E-state index contributed by atoms with van der Waals surface area (Å²) in [7, 11) is -4.29. The SMILES string of the molecule is O=c1c(C2=NS(=O)(=O)c3cc(OCc4nnn[nH]4)ccc3N2)c(O)c2cc(F)ccc2n1CCC1CC1. The summed E-state index contributed by atoms with van der Waals surface area (Å²) in [6.45, 7) is 0.326. The van der Waals surface area contributed by atoms with E-state index in [1.807, 2.05) is 0 Å². The lowest BCUT2D eigenvalue weighted by atomic mass is 10.1. The molecule has 0 bridgehead atoms. The molecule has 0 atom stereocenters. The van der Waals surface area contributed by atoms with E-state index in [2.05, 4.69) is 30.3 Å². The lowest BCUT2D eigenvalue weighted by Gasteiger charge is -2.21. The van der Waals surface area contributed by atoms with Crippen molar-refractivity contribution in [1.29, 1.82) is 0 Å². The van der Waals surface area contributed by atoms with E-state index in [-0.39, 0.29) is 39.7 Å². The highest BCUT2D eigenvalue weighted by Crippen LogP contribution is 2.36. The highest BCUT2D eigenvalue weighted by molar-refractivity contribution is 7.90. The third kappa shape index (κ3) is 4.28. The zero-order valence-electron chi connectivity index (χ0n) is 19.2. The second-order valence-electron chi connectivity index (χ2n) is 8.91. The second-order valence-corrected chi connectivity index (χ2v) is 10.5. The molecule has 37 heavy (non-hydrogen) atoms. The Balaban J connectivity index is 1.41. The molecule has 0 saturated heterocycles. The number of aromatic nitrogens is 5. The topological polar surface area (TPSA) is 164 Å². The summed E-state index contributed by atoms with van der Waals surface area (Å²) >= 11 is 0. The Bertz CT molecular complexity index is 1730. The van der Waals surface area contributed by atoms with Crippen molar-refractivity contribution in [3.8, 4) is 11.5 Å². The Morgan fingerprint density at radius 2 is 2.03 bits per heavy atom. The fraction of sp³-hybridized carbons (Fsp3) is 0.261. The molecule has 0 radical (unpaired) electrons. The second kappa shape index (κ2) is 8.65. The van der Waals surface area contributed by atoms with Crippen LogP contribution in [0.3, 0.4) is 0 Å². The lowest BCUT2D eigenvalue weighted by Crippen LogP contribution is -2.33. The van der Waals surface area contributed by atoms with Crippen molar-refractivity contribution in [2.24, 2.45) is 10.3 Å². The number of aromatic hydroxyl groups is 1. The zero-order valence-corrected chi connectivity index (χ0v) is 20.0. The van der Waals surface area contributed by atoms with Gasteiger partial charge in [0, 0.05) is 18.0 Å². The number of sulfonamides is 1. The Kier molecular flexibility index (Phi) is 5.40. The number of fused-ring (bicyclic) bond motifs is 2. The van der Waals surface area contributed by atoms with E-state index in [9.17, 15) is 22.7 Å². The van der Waals surface area contributed by atoms with Crippen LogP contribution in [0.25, 0.3) is 10.9 Å². The van der Waals surface area contributed by atoms with Gasteiger partial charge < -0.3 is 19.7 Å². The summed E-state index contributed by atoms with van der Waals surface area (Å²) in [5.41, 5.74) is -0.470. The van der Waals surface area contributed by atoms with Gasteiger partial charge in [-0.15, -0.1) is 9.50 Å². The maximum Gasteiger partial charge on any atom is 0.286 e. The number of halogens is 1. The number of ether oxygens (including phenoxy) is 1. The summed E-state index contributed by atoms with van der Waals surface area (Å²) in [6.07, 6.45) is 2.90. The number of nitrogens with one attached hydrogen (secondary N) is 2. The first-order valence-corrected chi connectivity index (χ1v) is 12.9. The minimum Gasteiger partial charge on any atom is -0.506 e. The molecule has 3 N–H and O–H groups in total. The number of nitrogens with zero attached hydrogens (tertiary/aromatic N) is 5. The van der Waals surface area contributed by atoms with Gasteiger partial charge in [-0.1, -0.05) is 12.8 Å². The van der Waals surface area contributed by atoms with Crippen LogP contribution in [0.5, 0.6) is 11.5 Å². The van der Waals surface area contributed by atoms with Crippen LogP contribution in [0.15, 0.2) is 50.5 Å². The van der Waals surface area contributed by atoms with Crippen LogP contribution in [-0.4, -0.2) is 44.6 Å². The fourth-order valence-corrected chi connectivity index (χ4v) is 5.43. The molecule has 6 rings (SSSR count). The Hall–Kier alpha value is -4.33. The largest absolute Gasteiger partial charge is 0.506 e. The number of aryl methyl sites for hydroxylation is 1. The predicted octanol–water partition coefficient (Wildman–Crippen LogP) is 2.30. The van der Waals surface area contributed by atoms with E-state index < -0.39 is 27.1 Å². The summed E-state index contributed by atoms with van der Waals surface area (Å²) in [6, 6.07) is 8.02. The molecule has 2 aromatic heterocycles. The third-order valence-electron chi connectivity index (χ3n) is 6.36. The van der Waals surface area contributed by atoms with Gasteiger partial charge in [0.1, 0.15) is 34.4 Å². The van der Waals surface area contributed by atoms with Crippen LogP contribution in [0.1, 0.15) is 30.7 Å². The van der Waals surface area contributed by atoms with Crippen molar-refractivity contribution in [3.63, 3.8) is 0 Å². The molecule has 0 spiro atoms. The monoisotopic (exact) mass is 525 g/mol. The molecule has 0 unspecified atom stereocenters. The van der Waals surface area contributed by atoms with Gasteiger partial charge in [-0.2, -0.15) is 8.42 Å². The van der Waals surface area contributed by atoms with Crippen molar-refractivity contribution < 1.29 is 22.7 Å². The van der Waals surface area contributed by atoms with Gasteiger partial charge in [0.25, 0.3) is 15.6 Å². The molecular formula is C23H20FN7O5S. The molecule has 14 heteroatoms. The van der Waals surface area contributed by atoms with Gasteiger partial charge in [-0.3, -0.25) is 4.79 Å². The molecule has 4 aromatic rings. The molecule has 1 aliphatic heterocycles. The summed E-state index contributed by atoms with van der Waals surface area (Å²) in [4.78, 5) is 13.4. The van der Waals surface area contributed by atoms with Crippen LogP contribution in [0.4, 0.5) is 10.1 Å². The summed E-state index contributed by atoms with van der Waals surface area (Å²) in [5, 5.41) is 27.0. The Morgan fingerprint density at radius 1 is 1.19 bits per heavy atom. The lowest BCUT2D eigenvalue weighted by molar-refractivity contribution is 0.295. The Labute approximate surface area is 208 Å². The molecule has 1 saturated carbocycles. The number of hydrogen-bond acceptors (Lipinski definition) is 9. The Morgan fingerprint density at radius 3 is 2.78 bits per heavy atom. The molecule has 1 aliphatic carbocycles. The standard InChI is InChI=1S/C23H20FN7O5S/c24-13-3-6-17-15(9-13)21(32)20(23(33)31(17)8-7-12-1-2-12)22-25-16-5-4-14(10-18(16)37(34,35)28-22)36-11-19-26-29-30-27-19/h3-6,9-10,12,32H,1-2,7-8,11H2,(H,25,28)(H,26,27,29,30). The minimum atomic E-state index is -4.29. The van der Waals surface area contributed by atoms with Gasteiger partial charge in [-0.25, -0.2) is 9.49 Å². The fourth-order valence-electron chi connectivity index (χ4n) is 4.30. The number of rotatable bonds is 7. The zero-order chi connectivity index (χ0) is 25.7. The highest BCUT2D eigenvalue weighted by Gasteiger charge is 2.31. The van der Waals surface area contributed by atoms with Crippen molar-refractivity contribution in [2.45, 2.75) is 37.3 Å². The molecule has 3 heterocycles. The maximum absolute atomic E-state index is 14.1. The maximum atomic E-state index is 14.1. The molecule has 0 amide bonds. The summed E-state index contributed by atoms with van der Waals surface area (Å²) < 4.78 is 51.1. The minimum absolute atomic E-state index is 0.0182. The van der Waals surface area contributed by atoms with Crippen molar-refractivity contribution in [2.75, 3.05) is 5.32 Å². The van der Waals surface area contributed by atoms with E-state index in [4.69, 9.17) is 4.74 Å². The number of aromatic amines is 1. The molecule has 190 valence electrons. The first-order valence-electron chi connectivity index (χ1n) is 11.5. The van der Waals surface area contributed by atoms with Gasteiger partial charge in [0.15, 0.2) is 11.7 Å². The first-order chi connectivity index (χ1) is 17.8. The summed E-state index contributed by atoms with van der Waals surface area (Å²) in [5.74, 6) is -0.415. The number of pyridine rings is 1. The number of anilines is 1. The smallest absolute Gasteiger partial charge is 0.286 e. The molecular weight excluding hydrogens is 505 g/mol. The van der Waals surface area contributed by atoms with Crippen LogP contribution in [-0.2, 0) is 23.2 Å². The van der Waals surface area contributed by atoms with E-state index in [1.165, 1.54) is 34.9 Å². The van der Waals surface area contributed by atoms with E-state index in [0.29, 0.717) is 23.8 Å². The highest BCUT2D eigenvalue weighted by atomic mass is 32.2. The van der Waals surface area contributed by atoms with Gasteiger partial charge >= 0.3 is 0 Å².